The first kappa shape index (κ1) is 16.5. The van der Waals surface area contributed by atoms with Crippen molar-refractivity contribution in [3.05, 3.63) is 29.8 Å². The second-order valence-electron chi connectivity index (χ2n) is 6.33. The monoisotopic (exact) mass is 337 g/mol. The number of ether oxygens (including phenoxy) is 1. The van der Waals surface area contributed by atoms with Gasteiger partial charge in [0.25, 0.3) is 0 Å². The summed E-state index contributed by atoms with van der Waals surface area (Å²) in [6, 6.07) is 7.73. The van der Waals surface area contributed by atoms with Crippen LogP contribution in [0.5, 0.6) is 0 Å². The molecule has 0 N–H and O–H groups in total. The van der Waals surface area contributed by atoms with E-state index in [0.29, 0.717) is 13.2 Å². The minimum absolute atomic E-state index is 0.0601. The van der Waals surface area contributed by atoms with Crippen molar-refractivity contribution >= 4 is 21.4 Å². The van der Waals surface area contributed by atoms with Gasteiger partial charge in [0.2, 0.25) is 5.91 Å². The maximum Gasteiger partial charge on any atom is 0.245 e. The standard InChI is InChI=1S/C17H23NO4S/c1-13(23(20,21)12-15-8-5-11-22-15)17(19)18-10-4-7-14-6-2-3-9-16(14)18/h2-3,6,9,13,15H,4-5,7-8,10-12H2,1H3/t13-,15-/m0/s1. The van der Waals surface area contributed by atoms with Crippen LogP contribution in [0.1, 0.15) is 31.7 Å². The molecule has 3 rings (SSSR count). The summed E-state index contributed by atoms with van der Waals surface area (Å²) in [6.45, 7) is 2.70. The molecular weight excluding hydrogens is 314 g/mol. The third-order valence-electron chi connectivity index (χ3n) is 4.70. The van der Waals surface area contributed by atoms with Crippen LogP contribution in [0.4, 0.5) is 5.69 Å². The molecule has 0 unspecified atom stereocenters. The van der Waals surface area contributed by atoms with Gasteiger partial charge in [0.15, 0.2) is 9.84 Å². The number of hydrogen-bond acceptors (Lipinski definition) is 4. The topological polar surface area (TPSA) is 63.7 Å². The summed E-state index contributed by atoms with van der Waals surface area (Å²) in [4.78, 5) is 14.4. The maximum absolute atomic E-state index is 12.8. The van der Waals surface area contributed by atoms with E-state index in [1.807, 2.05) is 24.3 Å². The lowest BCUT2D eigenvalue weighted by Crippen LogP contribution is -2.45. The van der Waals surface area contributed by atoms with Crippen LogP contribution in [0.3, 0.4) is 0 Å². The first-order chi connectivity index (χ1) is 11.0. The number of carbonyl (C=O) groups is 1. The Kier molecular flexibility index (Phi) is 4.73. The number of fused-ring (bicyclic) bond motifs is 1. The van der Waals surface area contributed by atoms with Crippen molar-refractivity contribution in [2.75, 3.05) is 23.8 Å². The molecule has 0 bridgehead atoms. The average molecular weight is 337 g/mol. The van der Waals surface area contributed by atoms with Crippen LogP contribution in [0.2, 0.25) is 0 Å². The largest absolute Gasteiger partial charge is 0.377 e. The lowest BCUT2D eigenvalue weighted by atomic mass is 10.0. The number of nitrogens with zero attached hydrogens (tertiary/aromatic N) is 1. The van der Waals surface area contributed by atoms with Gasteiger partial charge in [-0.05, 0) is 44.2 Å². The molecule has 2 aliphatic heterocycles. The Balaban J connectivity index is 1.77. The first-order valence-corrected chi connectivity index (χ1v) is 9.93. The van der Waals surface area contributed by atoms with Crippen molar-refractivity contribution in [3.8, 4) is 0 Å². The Morgan fingerprint density at radius 3 is 2.87 bits per heavy atom. The zero-order valence-corrected chi connectivity index (χ0v) is 14.2. The molecule has 1 saturated heterocycles. The third-order valence-corrected chi connectivity index (χ3v) is 6.82. The quantitative estimate of drug-likeness (QED) is 0.842. The van der Waals surface area contributed by atoms with Gasteiger partial charge >= 0.3 is 0 Å². The van der Waals surface area contributed by atoms with Crippen LogP contribution in [0.15, 0.2) is 24.3 Å². The van der Waals surface area contributed by atoms with Crippen molar-refractivity contribution in [2.24, 2.45) is 0 Å². The molecule has 0 aliphatic carbocycles. The number of sulfone groups is 1. The van der Waals surface area contributed by atoms with E-state index in [1.54, 1.807) is 4.90 Å². The molecule has 1 aromatic rings. The molecule has 2 aliphatic rings. The SMILES string of the molecule is C[C@@H](C(=O)N1CCCc2ccccc21)S(=O)(=O)C[C@@H]1CCCO1. The summed E-state index contributed by atoms with van der Waals surface area (Å²) >= 11 is 0. The molecule has 0 spiro atoms. The second kappa shape index (κ2) is 6.61. The zero-order valence-electron chi connectivity index (χ0n) is 13.4. The van der Waals surface area contributed by atoms with Gasteiger partial charge in [-0.2, -0.15) is 0 Å². The van der Waals surface area contributed by atoms with E-state index in [9.17, 15) is 13.2 Å². The van der Waals surface area contributed by atoms with E-state index in [4.69, 9.17) is 4.74 Å². The van der Waals surface area contributed by atoms with Gasteiger partial charge in [-0.15, -0.1) is 0 Å². The lowest BCUT2D eigenvalue weighted by Gasteiger charge is -2.31. The van der Waals surface area contributed by atoms with Gasteiger partial charge in [-0.25, -0.2) is 8.42 Å². The summed E-state index contributed by atoms with van der Waals surface area (Å²) in [6.07, 6.45) is 3.18. The Bertz CT molecular complexity index is 680. The Hall–Kier alpha value is -1.40. The molecule has 0 aromatic heterocycles. The van der Waals surface area contributed by atoms with E-state index < -0.39 is 15.1 Å². The van der Waals surface area contributed by atoms with Crippen LogP contribution in [0, 0.1) is 0 Å². The average Bonchev–Trinajstić information content (AvgIpc) is 3.05. The molecular formula is C17H23NO4S. The normalized spacial score (nSPS) is 22.7. The molecule has 2 heterocycles. The van der Waals surface area contributed by atoms with E-state index in [0.717, 1.165) is 36.9 Å². The molecule has 1 amide bonds. The fraction of sp³-hybridized carbons (Fsp3) is 0.588. The Morgan fingerprint density at radius 1 is 1.35 bits per heavy atom. The van der Waals surface area contributed by atoms with Crippen molar-refractivity contribution in [1.82, 2.24) is 0 Å². The molecule has 0 radical (unpaired) electrons. The molecule has 1 aromatic carbocycles. The summed E-state index contributed by atoms with van der Waals surface area (Å²) in [5, 5.41) is -1.03. The number of rotatable bonds is 4. The van der Waals surface area contributed by atoms with Crippen molar-refractivity contribution in [3.63, 3.8) is 0 Å². The number of para-hydroxylation sites is 1. The van der Waals surface area contributed by atoms with Crippen LogP contribution in [-0.4, -0.2) is 44.6 Å². The first-order valence-electron chi connectivity index (χ1n) is 8.21. The van der Waals surface area contributed by atoms with Crippen LogP contribution >= 0.6 is 0 Å². The van der Waals surface area contributed by atoms with Crippen molar-refractivity contribution < 1.29 is 17.9 Å². The molecule has 2 atom stereocenters. The summed E-state index contributed by atoms with van der Waals surface area (Å²) in [7, 11) is -3.51. The number of aryl methyl sites for hydroxylation is 1. The zero-order chi connectivity index (χ0) is 16.4. The number of benzene rings is 1. The molecule has 23 heavy (non-hydrogen) atoms. The van der Waals surface area contributed by atoms with E-state index >= 15 is 0 Å². The van der Waals surface area contributed by atoms with Crippen molar-refractivity contribution in [2.45, 2.75) is 44.0 Å². The van der Waals surface area contributed by atoms with Crippen LogP contribution < -0.4 is 4.90 Å². The highest BCUT2D eigenvalue weighted by molar-refractivity contribution is 7.92. The predicted octanol–water partition coefficient (Wildman–Crippen LogP) is 1.95. The van der Waals surface area contributed by atoms with Gasteiger partial charge < -0.3 is 9.64 Å². The smallest absolute Gasteiger partial charge is 0.245 e. The van der Waals surface area contributed by atoms with Gasteiger partial charge in [0.1, 0.15) is 5.25 Å². The van der Waals surface area contributed by atoms with Crippen LogP contribution in [-0.2, 0) is 25.8 Å². The molecule has 126 valence electrons. The number of anilines is 1. The molecule has 1 fully saturated rings. The summed E-state index contributed by atoms with van der Waals surface area (Å²) in [5.41, 5.74) is 1.96. The predicted molar refractivity (Wildman–Crippen MR) is 89.3 cm³/mol. The Labute approximate surface area is 137 Å². The van der Waals surface area contributed by atoms with Gasteiger partial charge in [-0.1, -0.05) is 18.2 Å². The van der Waals surface area contributed by atoms with Crippen molar-refractivity contribution in [1.29, 1.82) is 0 Å². The highest BCUT2D eigenvalue weighted by Crippen LogP contribution is 2.28. The number of amides is 1. The third kappa shape index (κ3) is 3.43. The van der Waals surface area contributed by atoms with E-state index in [2.05, 4.69) is 0 Å². The number of carbonyl (C=O) groups excluding carboxylic acids is 1. The summed E-state index contributed by atoms with van der Waals surface area (Å²) < 4.78 is 30.5. The fourth-order valence-corrected chi connectivity index (χ4v) is 4.82. The highest BCUT2D eigenvalue weighted by Gasteiger charge is 2.36. The fourth-order valence-electron chi connectivity index (χ4n) is 3.31. The number of hydrogen-bond donors (Lipinski definition) is 0. The minimum Gasteiger partial charge on any atom is -0.377 e. The van der Waals surface area contributed by atoms with E-state index in [-0.39, 0.29) is 17.8 Å². The van der Waals surface area contributed by atoms with Gasteiger partial charge in [-0.3, -0.25) is 4.79 Å². The summed E-state index contributed by atoms with van der Waals surface area (Å²) in [5.74, 6) is -0.384. The van der Waals surface area contributed by atoms with E-state index in [1.165, 1.54) is 6.92 Å². The molecule has 6 heteroatoms. The van der Waals surface area contributed by atoms with Crippen LogP contribution in [0.25, 0.3) is 0 Å². The maximum atomic E-state index is 12.8. The minimum atomic E-state index is -3.51. The van der Waals surface area contributed by atoms with Gasteiger partial charge in [0.05, 0.1) is 11.9 Å². The highest BCUT2D eigenvalue weighted by atomic mass is 32.2. The molecule has 0 saturated carbocycles. The van der Waals surface area contributed by atoms with Gasteiger partial charge in [0, 0.05) is 18.8 Å². The second-order valence-corrected chi connectivity index (χ2v) is 8.70. The molecule has 5 nitrogen and oxygen atoms in total. The Morgan fingerprint density at radius 2 is 2.13 bits per heavy atom. The lowest BCUT2D eigenvalue weighted by molar-refractivity contribution is -0.118.